The summed E-state index contributed by atoms with van der Waals surface area (Å²) in [5.74, 6) is 0.833. The van der Waals surface area contributed by atoms with Crippen molar-refractivity contribution in [2.45, 2.75) is 38.7 Å². The molecule has 1 heterocycles. The molecule has 2 aliphatic rings. The molecule has 0 spiro atoms. The SMILES string of the molecule is CCC1CN(S(=O)(=O)CC2CC2)CCC1O. The summed E-state index contributed by atoms with van der Waals surface area (Å²) in [6.45, 7) is 3.00. The monoisotopic (exact) mass is 247 g/mol. The summed E-state index contributed by atoms with van der Waals surface area (Å²) >= 11 is 0. The van der Waals surface area contributed by atoms with Gasteiger partial charge < -0.3 is 5.11 Å². The molecule has 5 heteroatoms. The van der Waals surface area contributed by atoms with E-state index in [1.54, 1.807) is 4.31 Å². The molecule has 2 fully saturated rings. The van der Waals surface area contributed by atoms with E-state index in [-0.39, 0.29) is 12.0 Å². The summed E-state index contributed by atoms with van der Waals surface area (Å²) in [4.78, 5) is 0. The van der Waals surface area contributed by atoms with Crippen molar-refractivity contribution in [1.29, 1.82) is 0 Å². The second kappa shape index (κ2) is 4.63. The summed E-state index contributed by atoms with van der Waals surface area (Å²) in [5, 5.41) is 9.73. The fourth-order valence-electron chi connectivity index (χ4n) is 2.33. The summed E-state index contributed by atoms with van der Waals surface area (Å²) in [7, 11) is -3.06. The van der Waals surface area contributed by atoms with Crippen LogP contribution in [0.3, 0.4) is 0 Å². The molecule has 1 N–H and O–H groups in total. The first kappa shape index (κ1) is 12.3. The number of hydrogen-bond donors (Lipinski definition) is 1. The van der Waals surface area contributed by atoms with Crippen LogP contribution < -0.4 is 0 Å². The summed E-state index contributed by atoms with van der Waals surface area (Å²) < 4.78 is 25.7. The Hall–Kier alpha value is -0.130. The van der Waals surface area contributed by atoms with E-state index in [0.29, 0.717) is 31.2 Å². The zero-order valence-electron chi connectivity index (χ0n) is 9.80. The zero-order chi connectivity index (χ0) is 11.8. The number of sulfonamides is 1. The van der Waals surface area contributed by atoms with Gasteiger partial charge in [-0.1, -0.05) is 6.92 Å². The fourth-order valence-corrected chi connectivity index (χ4v) is 4.27. The molecule has 0 aromatic heterocycles. The molecule has 0 amide bonds. The molecule has 1 aliphatic carbocycles. The molecule has 0 bridgehead atoms. The summed E-state index contributed by atoms with van der Waals surface area (Å²) in [5.41, 5.74) is 0. The van der Waals surface area contributed by atoms with Crippen molar-refractivity contribution in [3.05, 3.63) is 0 Å². The number of rotatable bonds is 4. The lowest BCUT2D eigenvalue weighted by Gasteiger charge is -2.35. The van der Waals surface area contributed by atoms with E-state index >= 15 is 0 Å². The number of nitrogens with zero attached hydrogens (tertiary/aromatic N) is 1. The van der Waals surface area contributed by atoms with Crippen LogP contribution in [0.15, 0.2) is 0 Å². The van der Waals surface area contributed by atoms with Crippen molar-refractivity contribution in [2.24, 2.45) is 11.8 Å². The Morgan fingerprint density at radius 1 is 1.31 bits per heavy atom. The minimum atomic E-state index is -3.06. The van der Waals surface area contributed by atoms with Gasteiger partial charge in [0, 0.05) is 13.1 Å². The van der Waals surface area contributed by atoms with E-state index in [4.69, 9.17) is 0 Å². The first-order valence-electron chi connectivity index (χ1n) is 6.19. The van der Waals surface area contributed by atoms with E-state index in [1.807, 2.05) is 6.92 Å². The van der Waals surface area contributed by atoms with Gasteiger partial charge in [0.1, 0.15) is 0 Å². The van der Waals surface area contributed by atoms with Gasteiger partial charge in [-0.15, -0.1) is 0 Å². The Morgan fingerprint density at radius 3 is 2.56 bits per heavy atom. The molecule has 94 valence electrons. The Labute approximate surface area is 97.7 Å². The molecule has 0 aromatic rings. The first-order chi connectivity index (χ1) is 7.53. The van der Waals surface area contributed by atoms with Crippen LogP contribution in [-0.2, 0) is 10.0 Å². The highest BCUT2D eigenvalue weighted by Crippen LogP contribution is 2.32. The number of hydrogen-bond acceptors (Lipinski definition) is 3. The molecular formula is C11H21NO3S. The highest BCUT2D eigenvalue weighted by Gasteiger charge is 2.36. The Kier molecular flexibility index (Phi) is 3.56. The molecular weight excluding hydrogens is 226 g/mol. The van der Waals surface area contributed by atoms with Gasteiger partial charge in [-0.3, -0.25) is 0 Å². The maximum atomic E-state index is 12.0. The molecule has 2 rings (SSSR count). The number of piperidine rings is 1. The normalized spacial score (nSPS) is 32.9. The second-order valence-electron chi connectivity index (χ2n) is 5.10. The van der Waals surface area contributed by atoms with E-state index < -0.39 is 10.0 Å². The van der Waals surface area contributed by atoms with Gasteiger partial charge in [0.25, 0.3) is 0 Å². The lowest BCUT2D eigenvalue weighted by molar-refractivity contribution is 0.0520. The number of aliphatic hydroxyl groups excluding tert-OH is 1. The van der Waals surface area contributed by atoms with Crippen molar-refractivity contribution in [3.63, 3.8) is 0 Å². The molecule has 0 aromatic carbocycles. The maximum Gasteiger partial charge on any atom is 0.214 e. The predicted molar refractivity (Wildman–Crippen MR) is 62.5 cm³/mol. The quantitative estimate of drug-likeness (QED) is 0.800. The van der Waals surface area contributed by atoms with Crippen molar-refractivity contribution in [2.75, 3.05) is 18.8 Å². The van der Waals surface area contributed by atoms with Crippen molar-refractivity contribution < 1.29 is 13.5 Å². The van der Waals surface area contributed by atoms with Crippen LogP contribution in [0.5, 0.6) is 0 Å². The molecule has 0 radical (unpaired) electrons. The van der Waals surface area contributed by atoms with Crippen LogP contribution in [-0.4, -0.2) is 42.8 Å². The Morgan fingerprint density at radius 2 is 2.00 bits per heavy atom. The second-order valence-corrected chi connectivity index (χ2v) is 7.12. The standard InChI is InChI=1S/C11H21NO3S/c1-2-10-7-12(6-5-11(10)13)16(14,15)8-9-3-4-9/h9-11,13H,2-8H2,1H3. The molecule has 1 saturated heterocycles. The van der Waals surface area contributed by atoms with Crippen LogP contribution >= 0.6 is 0 Å². The van der Waals surface area contributed by atoms with Crippen LogP contribution in [0, 0.1) is 11.8 Å². The van der Waals surface area contributed by atoms with Crippen LogP contribution in [0.1, 0.15) is 32.6 Å². The highest BCUT2D eigenvalue weighted by atomic mass is 32.2. The molecule has 2 atom stereocenters. The van der Waals surface area contributed by atoms with Crippen molar-refractivity contribution >= 4 is 10.0 Å². The third-order valence-electron chi connectivity index (χ3n) is 3.72. The number of aliphatic hydroxyl groups is 1. The average molecular weight is 247 g/mol. The smallest absolute Gasteiger partial charge is 0.214 e. The fraction of sp³-hybridized carbons (Fsp3) is 1.00. The van der Waals surface area contributed by atoms with E-state index in [2.05, 4.69) is 0 Å². The van der Waals surface area contributed by atoms with Gasteiger partial charge in [0.05, 0.1) is 11.9 Å². The predicted octanol–water partition coefficient (Wildman–Crippen LogP) is 0.819. The third kappa shape index (κ3) is 2.76. The van der Waals surface area contributed by atoms with E-state index in [9.17, 15) is 13.5 Å². The van der Waals surface area contributed by atoms with Crippen LogP contribution in [0.4, 0.5) is 0 Å². The summed E-state index contributed by atoms with van der Waals surface area (Å²) in [6.07, 6.45) is 3.23. The average Bonchev–Trinajstić information content (AvgIpc) is 3.01. The Bertz CT molecular complexity index is 337. The Balaban J connectivity index is 1.98. The molecule has 1 aliphatic heterocycles. The molecule has 1 saturated carbocycles. The van der Waals surface area contributed by atoms with Gasteiger partial charge in [-0.25, -0.2) is 12.7 Å². The maximum absolute atomic E-state index is 12.0. The molecule has 2 unspecified atom stereocenters. The lowest BCUT2D eigenvalue weighted by atomic mass is 9.94. The summed E-state index contributed by atoms with van der Waals surface area (Å²) in [6, 6.07) is 0. The van der Waals surface area contributed by atoms with Crippen LogP contribution in [0.25, 0.3) is 0 Å². The van der Waals surface area contributed by atoms with Crippen molar-refractivity contribution in [1.82, 2.24) is 4.31 Å². The van der Waals surface area contributed by atoms with Gasteiger partial charge in [0.15, 0.2) is 0 Å². The van der Waals surface area contributed by atoms with Crippen LogP contribution in [0.2, 0.25) is 0 Å². The lowest BCUT2D eigenvalue weighted by Crippen LogP contribution is -2.46. The van der Waals surface area contributed by atoms with Gasteiger partial charge in [0.2, 0.25) is 10.0 Å². The molecule has 16 heavy (non-hydrogen) atoms. The van der Waals surface area contributed by atoms with E-state index in [0.717, 1.165) is 19.3 Å². The minimum absolute atomic E-state index is 0.114. The van der Waals surface area contributed by atoms with E-state index in [1.165, 1.54) is 0 Å². The highest BCUT2D eigenvalue weighted by molar-refractivity contribution is 7.89. The topological polar surface area (TPSA) is 57.6 Å². The van der Waals surface area contributed by atoms with Crippen molar-refractivity contribution in [3.8, 4) is 0 Å². The van der Waals surface area contributed by atoms with Gasteiger partial charge in [-0.2, -0.15) is 0 Å². The zero-order valence-corrected chi connectivity index (χ0v) is 10.6. The first-order valence-corrected chi connectivity index (χ1v) is 7.79. The largest absolute Gasteiger partial charge is 0.393 e. The molecule has 4 nitrogen and oxygen atoms in total. The van der Waals surface area contributed by atoms with Gasteiger partial charge >= 0.3 is 0 Å². The van der Waals surface area contributed by atoms with Gasteiger partial charge in [-0.05, 0) is 37.5 Å². The minimum Gasteiger partial charge on any atom is -0.393 e. The third-order valence-corrected chi connectivity index (χ3v) is 5.73.